The van der Waals surface area contributed by atoms with Gasteiger partial charge in [0.1, 0.15) is 5.75 Å². The fourth-order valence-electron chi connectivity index (χ4n) is 4.86. The molecule has 180 valence electrons. The van der Waals surface area contributed by atoms with Gasteiger partial charge in [0.05, 0.1) is 13.7 Å². The van der Waals surface area contributed by atoms with Gasteiger partial charge in [-0.2, -0.15) is 0 Å². The Morgan fingerprint density at radius 1 is 1.09 bits per heavy atom. The molecule has 2 saturated heterocycles. The zero-order chi connectivity index (χ0) is 24.1. The standard InChI is InChI=1S/C27H33N3O4/c1-20-6-8-21(9-7-20)17-27(12-10-24(31)28-27)13-11-25(32)30-15-14-29(26(33)19-30)18-22-4-3-5-23(16-22)34-2/h3-9,16H,10-15,17-19H2,1-2H3,(H,28,31)/t27-/m1/s1. The highest BCUT2D eigenvalue weighted by Gasteiger charge is 2.38. The number of ether oxygens (including phenoxy) is 1. The predicted molar refractivity (Wildman–Crippen MR) is 129 cm³/mol. The number of benzene rings is 2. The summed E-state index contributed by atoms with van der Waals surface area (Å²) in [6.45, 7) is 3.68. The number of hydrogen-bond donors (Lipinski definition) is 1. The zero-order valence-corrected chi connectivity index (χ0v) is 20.0. The summed E-state index contributed by atoms with van der Waals surface area (Å²) in [6.07, 6.45) is 2.81. The summed E-state index contributed by atoms with van der Waals surface area (Å²) in [5, 5.41) is 3.15. The fourth-order valence-corrected chi connectivity index (χ4v) is 4.86. The van der Waals surface area contributed by atoms with Crippen molar-refractivity contribution in [1.29, 1.82) is 0 Å². The Kier molecular flexibility index (Phi) is 7.20. The second-order valence-corrected chi connectivity index (χ2v) is 9.47. The number of amides is 3. The van der Waals surface area contributed by atoms with Crippen LogP contribution in [0.25, 0.3) is 0 Å². The molecule has 0 unspecified atom stereocenters. The number of piperazine rings is 1. The van der Waals surface area contributed by atoms with Crippen molar-refractivity contribution in [2.45, 2.75) is 51.1 Å². The van der Waals surface area contributed by atoms with Crippen molar-refractivity contribution >= 4 is 17.7 Å². The van der Waals surface area contributed by atoms with Gasteiger partial charge in [0, 0.05) is 38.0 Å². The van der Waals surface area contributed by atoms with Gasteiger partial charge in [-0.1, -0.05) is 42.0 Å². The lowest BCUT2D eigenvalue weighted by Crippen LogP contribution is -2.52. The number of hydrogen-bond acceptors (Lipinski definition) is 4. The molecular formula is C27H33N3O4. The van der Waals surface area contributed by atoms with Crippen molar-refractivity contribution in [1.82, 2.24) is 15.1 Å². The Morgan fingerprint density at radius 2 is 1.88 bits per heavy atom. The molecule has 0 saturated carbocycles. The predicted octanol–water partition coefficient (Wildman–Crippen LogP) is 2.85. The van der Waals surface area contributed by atoms with Crippen LogP contribution in [0.5, 0.6) is 5.75 Å². The first-order chi connectivity index (χ1) is 16.4. The van der Waals surface area contributed by atoms with E-state index in [9.17, 15) is 14.4 Å². The molecule has 4 rings (SSSR count). The van der Waals surface area contributed by atoms with Gasteiger partial charge in [-0.25, -0.2) is 0 Å². The highest BCUT2D eigenvalue weighted by Crippen LogP contribution is 2.30. The van der Waals surface area contributed by atoms with Gasteiger partial charge in [-0.15, -0.1) is 0 Å². The number of carbonyl (C=O) groups excluding carboxylic acids is 3. The van der Waals surface area contributed by atoms with Crippen molar-refractivity contribution in [2.75, 3.05) is 26.7 Å². The lowest BCUT2D eigenvalue weighted by Gasteiger charge is -2.35. The van der Waals surface area contributed by atoms with Crippen LogP contribution in [-0.2, 0) is 27.3 Å². The number of nitrogens with zero attached hydrogens (tertiary/aromatic N) is 2. The minimum absolute atomic E-state index is 0.0289. The average molecular weight is 464 g/mol. The van der Waals surface area contributed by atoms with Gasteiger partial charge >= 0.3 is 0 Å². The van der Waals surface area contributed by atoms with Crippen LogP contribution in [0, 0.1) is 6.92 Å². The molecule has 7 heteroatoms. The first-order valence-electron chi connectivity index (χ1n) is 11.9. The summed E-state index contributed by atoms with van der Waals surface area (Å²) in [6, 6.07) is 16.0. The fraction of sp³-hybridized carbons (Fsp3) is 0.444. The summed E-state index contributed by atoms with van der Waals surface area (Å²) in [5.74, 6) is 0.725. The second-order valence-electron chi connectivity index (χ2n) is 9.47. The lowest BCUT2D eigenvalue weighted by molar-refractivity contribution is -0.145. The smallest absolute Gasteiger partial charge is 0.242 e. The number of carbonyl (C=O) groups is 3. The van der Waals surface area contributed by atoms with Crippen LogP contribution < -0.4 is 10.1 Å². The lowest BCUT2D eigenvalue weighted by atomic mass is 9.84. The summed E-state index contributed by atoms with van der Waals surface area (Å²) < 4.78 is 5.26. The minimum atomic E-state index is -0.403. The topological polar surface area (TPSA) is 79.0 Å². The van der Waals surface area contributed by atoms with E-state index in [1.54, 1.807) is 16.9 Å². The zero-order valence-electron chi connectivity index (χ0n) is 20.0. The summed E-state index contributed by atoms with van der Waals surface area (Å²) in [5.41, 5.74) is 2.95. The Labute approximate surface area is 201 Å². The summed E-state index contributed by atoms with van der Waals surface area (Å²) in [4.78, 5) is 41.2. The van der Waals surface area contributed by atoms with Gasteiger partial charge in [-0.05, 0) is 49.4 Å². The van der Waals surface area contributed by atoms with Crippen LogP contribution in [-0.4, -0.2) is 59.8 Å². The van der Waals surface area contributed by atoms with E-state index >= 15 is 0 Å². The molecule has 2 aromatic carbocycles. The average Bonchev–Trinajstić information content (AvgIpc) is 3.21. The van der Waals surface area contributed by atoms with Gasteiger partial charge in [-0.3, -0.25) is 14.4 Å². The highest BCUT2D eigenvalue weighted by atomic mass is 16.5. The monoisotopic (exact) mass is 463 g/mol. The second kappa shape index (κ2) is 10.3. The van der Waals surface area contributed by atoms with Crippen molar-refractivity contribution < 1.29 is 19.1 Å². The number of methoxy groups -OCH3 is 1. The van der Waals surface area contributed by atoms with Crippen LogP contribution in [0.4, 0.5) is 0 Å². The van der Waals surface area contributed by atoms with E-state index < -0.39 is 5.54 Å². The maximum Gasteiger partial charge on any atom is 0.242 e. The molecule has 34 heavy (non-hydrogen) atoms. The molecule has 3 amide bonds. The van der Waals surface area contributed by atoms with Crippen molar-refractivity contribution in [2.24, 2.45) is 0 Å². The molecule has 2 fully saturated rings. The van der Waals surface area contributed by atoms with E-state index in [0.717, 1.165) is 23.3 Å². The first kappa shape index (κ1) is 23.8. The van der Waals surface area contributed by atoms with E-state index in [2.05, 4.69) is 29.6 Å². The third-order valence-electron chi connectivity index (χ3n) is 6.89. The molecule has 0 bridgehead atoms. The van der Waals surface area contributed by atoms with E-state index in [0.29, 0.717) is 45.3 Å². The molecule has 2 aliphatic rings. The maximum atomic E-state index is 13.0. The molecule has 7 nitrogen and oxygen atoms in total. The Balaban J connectivity index is 1.32. The molecule has 0 spiro atoms. The molecule has 0 aliphatic carbocycles. The molecule has 0 radical (unpaired) electrons. The number of rotatable bonds is 8. The van der Waals surface area contributed by atoms with Crippen molar-refractivity contribution in [3.63, 3.8) is 0 Å². The van der Waals surface area contributed by atoms with E-state index in [1.165, 1.54) is 5.56 Å². The van der Waals surface area contributed by atoms with Crippen LogP contribution in [0.2, 0.25) is 0 Å². The number of aryl methyl sites for hydroxylation is 1. The Morgan fingerprint density at radius 3 is 2.56 bits per heavy atom. The highest BCUT2D eigenvalue weighted by molar-refractivity contribution is 5.86. The van der Waals surface area contributed by atoms with Crippen LogP contribution in [0.15, 0.2) is 48.5 Å². The third kappa shape index (κ3) is 5.76. The third-order valence-corrected chi connectivity index (χ3v) is 6.89. The van der Waals surface area contributed by atoms with Gasteiger partial charge in [0.2, 0.25) is 17.7 Å². The minimum Gasteiger partial charge on any atom is -0.497 e. The first-order valence-corrected chi connectivity index (χ1v) is 11.9. The number of nitrogens with one attached hydrogen (secondary N) is 1. The Bertz CT molecular complexity index is 1050. The molecule has 0 aromatic heterocycles. The summed E-state index contributed by atoms with van der Waals surface area (Å²) in [7, 11) is 1.62. The molecule has 2 heterocycles. The van der Waals surface area contributed by atoms with E-state index in [4.69, 9.17) is 4.74 Å². The van der Waals surface area contributed by atoms with E-state index in [1.807, 2.05) is 31.2 Å². The van der Waals surface area contributed by atoms with Crippen LogP contribution >= 0.6 is 0 Å². The van der Waals surface area contributed by atoms with Crippen molar-refractivity contribution in [3.8, 4) is 5.75 Å². The quantitative estimate of drug-likeness (QED) is 0.653. The molecule has 1 N–H and O–H groups in total. The van der Waals surface area contributed by atoms with Gasteiger partial charge in [0.15, 0.2) is 0 Å². The Hall–Kier alpha value is -3.35. The van der Waals surface area contributed by atoms with Gasteiger partial charge < -0.3 is 19.9 Å². The molecular weight excluding hydrogens is 430 g/mol. The maximum absolute atomic E-state index is 13.0. The molecule has 1 atom stereocenters. The van der Waals surface area contributed by atoms with Crippen molar-refractivity contribution in [3.05, 3.63) is 65.2 Å². The summed E-state index contributed by atoms with van der Waals surface area (Å²) >= 11 is 0. The largest absolute Gasteiger partial charge is 0.497 e. The van der Waals surface area contributed by atoms with Crippen LogP contribution in [0.1, 0.15) is 42.4 Å². The SMILES string of the molecule is COc1cccc(CN2CCN(C(=O)CC[C@@]3(Cc4ccc(C)cc4)CCC(=O)N3)CC2=O)c1. The van der Waals surface area contributed by atoms with Gasteiger partial charge in [0.25, 0.3) is 0 Å². The van der Waals surface area contributed by atoms with E-state index in [-0.39, 0.29) is 24.3 Å². The molecule has 2 aromatic rings. The normalized spacial score (nSPS) is 20.4. The molecule has 2 aliphatic heterocycles. The van der Waals surface area contributed by atoms with Crippen LogP contribution in [0.3, 0.4) is 0 Å².